The third-order valence-electron chi connectivity index (χ3n) is 3.16. The van der Waals surface area contributed by atoms with E-state index in [0.29, 0.717) is 5.82 Å². The molecule has 0 bridgehead atoms. The Hall–Kier alpha value is -1.63. The summed E-state index contributed by atoms with van der Waals surface area (Å²) in [7, 11) is 1.73. The maximum atomic E-state index is 10.9. The molecule has 1 unspecified atom stereocenters. The van der Waals surface area contributed by atoms with Crippen LogP contribution in [-0.4, -0.2) is 33.8 Å². The summed E-state index contributed by atoms with van der Waals surface area (Å²) in [6.45, 7) is 1.55. The first-order valence-electron chi connectivity index (χ1n) is 5.76. The van der Waals surface area contributed by atoms with Crippen LogP contribution in [0, 0.1) is 10.1 Å². The molecular weight excluding hydrogens is 222 g/mol. The van der Waals surface area contributed by atoms with Crippen molar-refractivity contribution in [1.29, 1.82) is 0 Å². The standard InChI is InChI=1S/C10H17N5O2/c1-13-10(9(7-12-13)15(16)17)14-5-2-3-8(11)4-6-14/h7-8H,2-6,11H2,1H3. The average molecular weight is 239 g/mol. The zero-order valence-electron chi connectivity index (χ0n) is 9.87. The molecule has 0 spiro atoms. The van der Waals surface area contributed by atoms with E-state index in [1.165, 1.54) is 6.20 Å². The highest BCUT2D eigenvalue weighted by molar-refractivity contribution is 5.57. The van der Waals surface area contributed by atoms with Crippen LogP contribution in [0.5, 0.6) is 0 Å². The number of nitrogens with two attached hydrogens (primary N) is 1. The van der Waals surface area contributed by atoms with Crippen molar-refractivity contribution >= 4 is 11.5 Å². The maximum absolute atomic E-state index is 10.9. The van der Waals surface area contributed by atoms with E-state index in [9.17, 15) is 10.1 Å². The number of hydrogen-bond acceptors (Lipinski definition) is 5. The van der Waals surface area contributed by atoms with Gasteiger partial charge in [-0.25, -0.2) is 4.68 Å². The van der Waals surface area contributed by atoms with Gasteiger partial charge >= 0.3 is 5.69 Å². The molecule has 2 rings (SSSR count). The first-order valence-corrected chi connectivity index (χ1v) is 5.76. The van der Waals surface area contributed by atoms with Gasteiger partial charge in [-0.3, -0.25) is 10.1 Å². The zero-order valence-corrected chi connectivity index (χ0v) is 9.87. The Bertz CT molecular complexity index is 417. The Morgan fingerprint density at radius 3 is 3.00 bits per heavy atom. The molecule has 1 fully saturated rings. The van der Waals surface area contributed by atoms with Crippen molar-refractivity contribution in [1.82, 2.24) is 9.78 Å². The lowest BCUT2D eigenvalue weighted by molar-refractivity contribution is -0.384. The van der Waals surface area contributed by atoms with Crippen LogP contribution in [0.25, 0.3) is 0 Å². The fraction of sp³-hybridized carbons (Fsp3) is 0.700. The fourth-order valence-electron chi connectivity index (χ4n) is 2.25. The van der Waals surface area contributed by atoms with Crippen molar-refractivity contribution in [3.05, 3.63) is 16.3 Å². The van der Waals surface area contributed by atoms with Crippen molar-refractivity contribution in [3.63, 3.8) is 0 Å². The lowest BCUT2D eigenvalue weighted by Crippen LogP contribution is -2.28. The van der Waals surface area contributed by atoms with Gasteiger partial charge in [-0.15, -0.1) is 0 Å². The van der Waals surface area contributed by atoms with E-state index < -0.39 is 0 Å². The first-order chi connectivity index (χ1) is 8.09. The van der Waals surface area contributed by atoms with Gasteiger partial charge in [0.25, 0.3) is 0 Å². The van der Waals surface area contributed by atoms with Crippen molar-refractivity contribution in [3.8, 4) is 0 Å². The quantitative estimate of drug-likeness (QED) is 0.604. The number of anilines is 1. The minimum absolute atomic E-state index is 0.0722. The van der Waals surface area contributed by atoms with Gasteiger partial charge in [0.1, 0.15) is 6.20 Å². The van der Waals surface area contributed by atoms with Crippen LogP contribution >= 0.6 is 0 Å². The van der Waals surface area contributed by atoms with E-state index in [-0.39, 0.29) is 16.7 Å². The number of hydrogen-bond donors (Lipinski definition) is 1. The molecule has 1 atom stereocenters. The lowest BCUT2D eigenvalue weighted by Gasteiger charge is -2.21. The number of aryl methyl sites for hydroxylation is 1. The smallest absolute Gasteiger partial charge is 0.331 e. The minimum atomic E-state index is -0.382. The Kier molecular flexibility index (Phi) is 3.28. The van der Waals surface area contributed by atoms with Gasteiger partial charge in [0, 0.05) is 26.2 Å². The molecule has 1 aromatic heterocycles. The van der Waals surface area contributed by atoms with Gasteiger partial charge in [0.15, 0.2) is 0 Å². The minimum Gasteiger partial charge on any atom is -0.351 e. The third-order valence-corrected chi connectivity index (χ3v) is 3.16. The SMILES string of the molecule is Cn1ncc([N+](=O)[O-])c1N1CCCC(N)CC1. The molecule has 0 aromatic carbocycles. The monoisotopic (exact) mass is 239 g/mol. The maximum Gasteiger partial charge on any atom is 0.331 e. The van der Waals surface area contributed by atoms with Crippen LogP contribution in [-0.2, 0) is 7.05 Å². The van der Waals surface area contributed by atoms with Gasteiger partial charge in [0.05, 0.1) is 4.92 Å². The first kappa shape index (κ1) is 11.8. The summed E-state index contributed by atoms with van der Waals surface area (Å²) in [4.78, 5) is 12.6. The molecular formula is C10H17N5O2. The third kappa shape index (κ3) is 2.38. The van der Waals surface area contributed by atoms with Gasteiger partial charge < -0.3 is 10.6 Å². The number of nitro groups is 1. The van der Waals surface area contributed by atoms with E-state index in [0.717, 1.165) is 32.4 Å². The summed E-state index contributed by atoms with van der Waals surface area (Å²) in [5, 5.41) is 14.9. The van der Waals surface area contributed by atoms with E-state index in [1.807, 2.05) is 4.90 Å². The van der Waals surface area contributed by atoms with Crippen molar-refractivity contribution in [2.45, 2.75) is 25.3 Å². The van der Waals surface area contributed by atoms with E-state index >= 15 is 0 Å². The van der Waals surface area contributed by atoms with Crippen molar-refractivity contribution in [2.75, 3.05) is 18.0 Å². The van der Waals surface area contributed by atoms with Crippen LogP contribution in [0.3, 0.4) is 0 Å². The molecule has 0 radical (unpaired) electrons. The molecule has 0 saturated carbocycles. The Morgan fingerprint density at radius 2 is 2.29 bits per heavy atom. The Balaban J connectivity index is 2.26. The summed E-state index contributed by atoms with van der Waals surface area (Å²) in [6, 6.07) is 0.201. The van der Waals surface area contributed by atoms with Gasteiger partial charge in [-0.2, -0.15) is 5.10 Å². The number of aromatic nitrogens is 2. The second kappa shape index (κ2) is 4.70. The van der Waals surface area contributed by atoms with Gasteiger partial charge in [0.2, 0.25) is 5.82 Å². The molecule has 2 N–H and O–H groups in total. The molecule has 2 heterocycles. The van der Waals surface area contributed by atoms with Crippen LogP contribution in [0.4, 0.5) is 11.5 Å². The number of nitrogens with zero attached hydrogens (tertiary/aromatic N) is 4. The van der Waals surface area contributed by atoms with Crippen LogP contribution in [0.1, 0.15) is 19.3 Å². The second-order valence-corrected chi connectivity index (χ2v) is 4.41. The molecule has 1 aromatic rings. The molecule has 0 amide bonds. The average Bonchev–Trinajstić information content (AvgIpc) is 2.52. The molecule has 1 aliphatic rings. The topological polar surface area (TPSA) is 90.2 Å². The van der Waals surface area contributed by atoms with Crippen molar-refractivity contribution < 1.29 is 4.92 Å². The Labute approximate surface area is 99.3 Å². The Morgan fingerprint density at radius 1 is 1.53 bits per heavy atom. The fourth-order valence-corrected chi connectivity index (χ4v) is 2.25. The molecule has 1 saturated heterocycles. The molecule has 94 valence electrons. The summed E-state index contributed by atoms with van der Waals surface area (Å²) in [6.07, 6.45) is 4.11. The summed E-state index contributed by atoms with van der Waals surface area (Å²) < 4.78 is 1.56. The zero-order chi connectivity index (χ0) is 12.4. The van der Waals surface area contributed by atoms with Crippen LogP contribution < -0.4 is 10.6 Å². The molecule has 0 aliphatic carbocycles. The molecule has 17 heavy (non-hydrogen) atoms. The molecule has 7 heteroatoms. The van der Waals surface area contributed by atoms with Crippen LogP contribution in [0.2, 0.25) is 0 Å². The summed E-state index contributed by atoms with van der Waals surface area (Å²) in [5.74, 6) is 0.587. The predicted octanol–water partition coefficient (Wildman–Crippen LogP) is 0.646. The summed E-state index contributed by atoms with van der Waals surface area (Å²) in [5.41, 5.74) is 5.98. The van der Waals surface area contributed by atoms with Crippen LogP contribution in [0.15, 0.2) is 6.20 Å². The van der Waals surface area contributed by atoms with E-state index in [2.05, 4.69) is 5.10 Å². The normalized spacial score (nSPS) is 21.3. The number of rotatable bonds is 2. The van der Waals surface area contributed by atoms with Gasteiger partial charge in [-0.05, 0) is 19.3 Å². The van der Waals surface area contributed by atoms with Gasteiger partial charge in [-0.1, -0.05) is 0 Å². The largest absolute Gasteiger partial charge is 0.351 e. The lowest BCUT2D eigenvalue weighted by atomic mass is 10.1. The van der Waals surface area contributed by atoms with E-state index in [4.69, 9.17) is 5.73 Å². The van der Waals surface area contributed by atoms with Crippen molar-refractivity contribution in [2.24, 2.45) is 12.8 Å². The molecule has 7 nitrogen and oxygen atoms in total. The van der Waals surface area contributed by atoms with E-state index in [1.54, 1.807) is 11.7 Å². The summed E-state index contributed by atoms with van der Waals surface area (Å²) >= 11 is 0. The highest BCUT2D eigenvalue weighted by Crippen LogP contribution is 2.28. The second-order valence-electron chi connectivity index (χ2n) is 4.41. The highest BCUT2D eigenvalue weighted by atomic mass is 16.6. The predicted molar refractivity (Wildman–Crippen MR) is 63.9 cm³/mol. The molecule has 1 aliphatic heterocycles. The highest BCUT2D eigenvalue weighted by Gasteiger charge is 2.26.